The van der Waals surface area contributed by atoms with Crippen LogP contribution in [-0.2, 0) is 6.42 Å². The van der Waals surface area contributed by atoms with Crippen LogP contribution >= 0.6 is 0 Å². The van der Waals surface area contributed by atoms with Crippen LogP contribution in [0, 0.1) is 0 Å². The van der Waals surface area contributed by atoms with Crippen LogP contribution in [0.1, 0.15) is 22.8 Å². The fourth-order valence-corrected chi connectivity index (χ4v) is 2.07. The van der Waals surface area contributed by atoms with Crippen LogP contribution in [0.3, 0.4) is 0 Å². The number of amides is 1. The molecule has 0 fully saturated rings. The summed E-state index contributed by atoms with van der Waals surface area (Å²) in [4.78, 5) is 14.3. The Balaban J connectivity index is 2.22. The maximum atomic E-state index is 12.3. The van der Waals surface area contributed by atoms with Crippen molar-refractivity contribution >= 4 is 17.3 Å². The number of benzene rings is 2. The fourth-order valence-electron chi connectivity index (χ4n) is 2.07. The number of hydrogen-bond donors (Lipinski definition) is 1. The topological polar surface area (TPSA) is 32.3 Å². The monoisotopic (exact) mass is 268 g/mol. The number of nitrogens with zero attached hydrogens (tertiary/aromatic N) is 1. The number of hydrogen-bond acceptors (Lipinski definition) is 2. The van der Waals surface area contributed by atoms with E-state index in [-0.39, 0.29) is 5.91 Å². The Morgan fingerprint density at radius 1 is 1.10 bits per heavy atom. The van der Waals surface area contributed by atoms with Crippen LogP contribution in [-0.4, -0.2) is 20.0 Å². The predicted octanol–water partition coefficient (Wildman–Crippen LogP) is 3.57. The summed E-state index contributed by atoms with van der Waals surface area (Å²) in [6.45, 7) is 2.08. The quantitative estimate of drug-likeness (QED) is 0.919. The van der Waals surface area contributed by atoms with Gasteiger partial charge in [-0.15, -0.1) is 0 Å². The zero-order valence-electron chi connectivity index (χ0n) is 12.2. The van der Waals surface area contributed by atoms with Crippen LogP contribution in [0.25, 0.3) is 0 Å². The number of carbonyl (C=O) groups is 1. The molecule has 0 saturated heterocycles. The van der Waals surface area contributed by atoms with Gasteiger partial charge in [-0.05, 0) is 36.2 Å². The average Bonchev–Trinajstić information content (AvgIpc) is 2.48. The molecule has 0 aliphatic rings. The first-order valence-electron chi connectivity index (χ1n) is 6.78. The summed E-state index contributed by atoms with van der Waals surface area (Å²) < 4.78 is 0. The second kappa shape index (κ2) is 6.24. The Labute approximate surface area is 120 Å². The van der Waals surface area contributed by atoms with E-state index in [4.69, 9.17) is 0 Å². The molecule has 0 saturated carbocycles. The first-order chi connectivity index (χ1) is 9.61. The van der Waals surface area contributed by atoms with E-state index in [1.807, 2.05) is 67.5 Å². The van der Waals surface area contributed by atoms with Gasteiger partial charge in [0.2, 0.25) is 0 Å². The van der Waals surface area contributed by atoms with Gasteiger partial charge in [0.25, 0.3) is 5.91 Å². The summed E-state index contributed by atoms with van der Waals surface area (Å²) in [5, 5.41) is 2.99. The summed E-state index contributed by atoms with van der Waals surface area (Å²) in [7, 11) is 3.92. The summed E-state index contributed by atoms with van der Waals surface area (Å²) >= 11 is 0. The molecule has 3 nitrogen and oxygen atoms in total. The van der Waals surface area contributed by atoms with Gasteiger partial charge in [0.15, 0.2) is 0 Å². The minimum absolute atomic E-state index is 0.0744. The molecule has 0 aliphatic carbocycles. The minimum Gasteiger partial charge on any atom is -0.378 e. The maximum absolute atomic E-state index is 12.3. The molecule has 2 rings (SSSR count). The molecule has 0 bridgehead atoms. The van der Waals surface area contributed by atoms with Crippen molar-refractivity contribution in [2.45, 2.75) is 13.3 Å². The average molecular weight is 268 g/mol. The van der Waals surface area contributed by atoms with Gasteiger partial charge in [0, 0.05) is 31.0 Å². The highest BCUT2D eigenvalue weighted by Crippen LogP contribution is 2.18. The molecule has 0 unspecified atom stereocenters. The van der Waals surface area contributed by atoms with E-state index in [9.17, 15) is 4.79 Å². The van der Waals surface area contributed by atoms with Gasteiger partial charge in [-0.2, -0.15) is 0 Å². The molecule has 0 spiro atoms. The van der Waals surface area contributed by atoms with Gasteiger partial charge in [0.05, 0.1) is 0 Å². The third-order valence-electron chi connectivity index (χ3n) is 3.27. The number of rotatable bonds is 4. The van der Waals surface area contributed by atoms with Crippen LogP contribution in [0.15, 0.2) is 48.5 Å². The highest BCUT2D eigenvalue weighted by Gasteiger charge is 2.09. The number of para-hydroxylation sites is 1. The van der Waals surface area contributed by atoms with Gasteiger partial charge < -0.3 is 10.2 Å². The summed E-state index contributed by atoms with van der Waals surface area (Å²) in [5.41, 5.74) is 3.71. The molecule has 0 aromatic heterocycles. The highest BCUT2D eigenvalue weighted by atomic mass is 16.1. The zero-order chi connectivity index (χ0) is 14.5. The Morgan fingerprint density at radius 2 is 1.85 bits per heavy atom. The van der Waals surface area contributed by atoms with Crippen molar-refractivity contribution in [2.75, 3.05) is 24.3 Å². The number of anilines is 2. The van der Waals surface area contributed by atoms with E-state index >= 15 is 0 Å². The van der Waals surface area contributed by atoms with Gasteiger partial charge >= 0.3 is 0 Å². The number of carbonyl (C=O) groups excluding carboxylic acids is 1. The van der Waals surface area contributed by atoms with E-state index in [1.54, 1.807) is 0 Å². The third-order valence-corrected chi connectivity index (χ3v) is 3.27. The molecule has 1 amide bonds. The molecule has 0 aliphatic heterocycles. The SMILES string of the molecule is CCc1ccccc1NC(=O)c1cccc(N(C)C)c1. The summed E-state index contributed by atoms with van der Waals surface area (Å²) in [5.74, 6) is -0.0744. The normalized spacial score (nSPS) is 10.2. The molecule has 3 heteroatoms. The molecule has 20 heavy (non-hydrogen) atoms. The standard InChI is InChI=1S/C17H20N2O/c1-4-13-8-5-6-11-16(13)18-17(20)14-9-7-10-15(12-14)19(2)3/h5-12H,4H2,1-3H3,(H,18,20). The lowest BCUT2D eigenvalue weighted by molar-refractivity contribution is 0.102. The number of nitrogens with one attached hydrogen (secondary N) is 1. The van der Waals surface area contributed by atoms with Gasteiger partial charge in [0.1, 0.15) is 0 Å². The molecule has 0 atom stereocenters. The Morgan fingerprint density at radius 3 is 2.55 bits per heavy atom. The largest absolute Gasteiger partial charge is 0.378 e. The second-order valence-corrected chi connectivity index (χ2v) is 4.91. The van der Waals surface area contributed by atoms with Gasteiger partial charge in [-0.1, -0.05) is 31.2 Å². The summed E-state index contributed by atoms with van der Waals surface area (Å²) in [6, 6.07) is 15.5. The van der Waals surface area contributed by atoms with Gasteiger partial charge in [-0.3, -0.25) is 4.79 Å². The van der Waals surface area contributed by atoms with E-state index in [2.05, 4.69) is 12.2 Å². The Bertz CT molecular complexity index is 605. The van der Waals surface area contributed by atoms with Crippen molar-refractivity contribution in [1.29, 1.82) is 0 Å². The molecule has 104 valence electrons. The van der Waals surface area contributed by atoms with Crippen molar-refractivity contribution in [3.8, 4) is 0 Å². The molecule has 0 heterocycles. The van der Waals surface area contributed by atoms with Crippen molar-refractivity contribution in [1.82, 2.24) is 0 Å². The molecule has 0 radical (unpaired) electrons. The van der Waals surface area contributed by atoms with Crippen LogP contribution in [0.2, 0.25) is 0 Å². The lowest BCUT2D eigenvalue weighted by atomic mass is 10.1. The van der Waals surface area contributed by atoms with Crippen molar-refractivity contribution in [3.05, 3.63) is 59.7 Å². The van der Waals surface area contributed by atoms with Crippen molar-refractivity contribution < 1.29 is 4.79 Å². The first-order valence-corrected chi connectivity index (χ1v) is 6.78. The Kier molecular flexibility index (Phi) is 4.41. The van der Waals surface area contributed by atoms with Crippen molar-refractivity contribution in [3.63, 3.8) is 0 Å². The Hall–Kier alpha value is -2.29. The lowest BCUT2D eigenvalue weighted by Crippen LogP contribution is -2.15. The van der Waals surface area contributed by atoms with Crippen LogP contribution in [0.4, 0.5) is 11.4 Å². The zero-order valence-corrected chi connectivity index (χ0v) is 12.2. The van der Waals surface area contributed by atoms with E-state index in [0.717, 1.165) is 23.4 Å². The minimum atomic E-state index is -0.0744. The van der Waals surface area contributed by atoms with Crippen LogP contribution in [0.5, 0.6) is 0 Å². The summed E-state index contributed by atoms with van der Waals surface area (Å²) in [6.07, 6.45) is 0.897. The molecule has 2 aromatic rings. The van der Waals surface area contributed by atoms with E-state index in [1.165, 1.54) is 0 Å². The van der Waals surface area contributed by atoms with Gasteiger partial charge in [-0.25, -0.2) is 0 Å². The van der Waals surface area contributed by atoms with Crippen LogP contribution < -0.4 is 10.2 Å². The highest BCUT2D eigenvalue weighted by molar-refractivity contribution is 6.05. The third kappa shape index (κ3) is 3.18. The first kappa shape index (κ1) is 14.1. The molecular weight excluding hydrogens is 248 g/mol. The smallest absolute Gasteiger partial charge is 0.255 e. The van der Waals surface area contributed by atoms with Crippen molar-refractivity contribution in [2.24, 2.45) is 0 Å². The maximum Gasteiger partial charge on any atom is 0.255 e. The van der Waals surface area contributed by atoms with E-state index in [0.29, 0.717) is 5.56 Å². The molecule has 2 aromatic carbocycles. The second-order valence-electron chi connectivity index (χ2n) is 4.91. The lowest BCUT2D eigenvalue weighted by Gasteiger charge is -2.14. The molecule has 1 N–H and O–H groups in total. The molecular formula is C17H20N2O. The number of aryl methyl sites for hydroxylation is 1. The predicted molar refractivity (Wildman–Crippen MR) is 84.5 cm³/mol. The van der Waals surface area contributed by atoms with E-state index < -0.39 is 0 Å². The fraction of sp³-hybridized carbons (Fsp3) is 0.235.